The highest BCUT2D eigenvalue weighted by Crippen LogP contribution is 2.42. The third-order valence-corrected chi connectivity index (χ3v) is 5.92. The van der Waals surface area contributed by atoms with Gasteiger partial charge in [-0.15, -0.1) is 0 Å². The maximum Gasteiger partial charge on any atom is 0.277 e. The monoisotopic (exact) mass is 357 g/mol. The SMILES string of the molecule is C=C1C2CN(C)C(C)CN2c2c(c(=O)n(C)c3nc(C)c(F)cc23)N1C. The molecule has 0 N–H and O–H groups in total. The van der Waals surface area contributed by atoms with Gasteiger partial charge in [-0.25, -0.2) is 9.37 Å². The fourth-order valence-corrected chi connectivity index (χ4v) is 4.08. The number of halogens is 1. The first-order valence-corrected chi connectivity index (χ1v) is 8.81. The van der Waals surface area contributed by atoms with Gasteiger partial charge in [-0.05, 0) is 27.0 Å². The van der Waals surface area contributed by atoms with Crippen LogP contribution in [0.3, 0.4) is 0 Å². The van der Waals surface area contributed by atoms with E-state index in [1.807, 2.05) is 11.9 Å². The number of anilines is 2. The highest BCUT2D eigenvalue weighted by Gasteiger charge is 2.41. The highest BCUT2D eigenvalue weighted by molar-refractivity contribution is 5.99. The van der Waals surface area contributed by atoms with Gasteiger partial charge in [0.15, 0.2) is 0 Å². The Labute approximate surface area is 152 Å². The minimum atomic E-state index is -0.357. The Hall–Kier alpha value is -2.41. The van der Waals surface area contributed by atoms with Crippen LogP contribution in [-0.4, -0.2) is 53.7 Å². The van der Waals surface area contributed by atoms with E-state index >= 15 is 0 Å². The van der Waals surface area contributed by atoms with E-state index in [2.05, 4.69) is 35.3 Å². The summed E-state index contributed by atoms with van der Waals surface area (Å²) in [4.78, 5) is 23.8. The van der Waals surface area contributed by atoms with Crippen LogP contribution in [-0.2, 0) is 7.05 Å². The lowest BCUT2D eigenvalue weighted by Crippen LogP contribution is -2.61. The molecular formula is C19H24FN5O. The van der Waals surface area contributed by atoms with Crippen LogP contribution in [0.5, 0.6) is 0 Å². The van der Waals surface area contributed by atoms with Gasteiger partial charge in [0.25, 0.3) is 5.56 Å². The number of likely N-dealkylation sites (N-methyl/N-ethyl adjacent to an activating group) is 2. The van der Waals surface area contributed by atoms with E-state index < -0.39 is 0 Å². The van der Waals surface area contributed by atoms with Crippen LogP contribution in [0.1, 0.15) is 12.6 Å². The molecule has 0 aromatic carbocycles. The summed E-state index contributed by atoms with van der Waals surface area (Å²) in [6.07, 6.45) is 0. The molecule has 0 bridgehead atoms. The van der Waals surface area contributed by atoms with Gasteiger partial charge in [-0.1, -0.05) is 6.58 Å². The summed E-state index contributed by atoms with van der Waals surface area (Å²) in [5.41, 5.74) is 2.87. The van der Waals surface area contributed by atoms with Crippen LogP contribution < -0.4 is 15.4 Å². The molecule has 26 heavy (non-hydrogen) atoms. The van der Waals surface area contributed by atoms with Gasteiger partial charge in [0.05, 0.1) is 17.4 Å². The lowest BCUT2D eigenvalue weighted by atomic mass is 9.98. The van der Waals surface area contributed by atoms with Gasteiger partial charge < -0.3 is 9.80 Å². The van der Waals surface area contributed by atoms with E-state index in [1.165, 1.54) is 10.6 Å². The Bertz CT molecular complexity index is 998. The van der Waals surface area contributed by atoms with Crippen LogP contribution in [0.4, 0.5) is 15.8 Å². The van der Waals surface area contributed by atoms with Crippen molar-refractivity contribution in [2.24, 2.45) is 7.05 Å². The number of aromatic nitrogens is 2. The summed E-state index contributed by atoms with van der Waals surface area (Å²) in [6.45, 7) is 9.57. The molecule has 1 saturated heterocycles. The van der Waals surface area contributed by atoms with Crippen molar-refractivity contribution >= 4 is 22.4 Å². The molecule has 0 aliphatic carbocycles. The van der Waals surface area contributed by atoms with Crippen LogP contribution in [0.2, 0.25) is 0 Å². The summed E-state index contributed by atoms with van der Waals surface area (Å²) in [5, 5.41) is 0.673. The second-order valence-electron chi connectivity index (χ2n) is 7.50. The quantitative estimate of drug-likeness (QED) is 0.720. The first-order valence-electron chi connectivity index (χ1n) is 8.81. The first kappa shape index (κ1) is 17.0. The molecule has 2 atom stereocenters. The van der Waals surface area contributed by atoms with E-state index in [4.69, 9.17) is 0 Å². The molecule has 2 aliphatic rings. The summed E-state index contributed by atoms with van der Waals surface area (Å²) in [6, 6.07) is 1.88. The number of fused-ring (bicyclic) bond motifs is 5. The van der Waals surface area contributed by atoms with E-state index in [0.717, 1.165) is 24.5 Å². The number of rotatable bonds is 0. The maximum atomic E-state index is 14.4. The fraction of sp³-hybridized carbons (Fsp3) is 0.474. The zero-order chi connectivity index (χ0) is 18.9. The second kappa shape index (κ2) is 5.54. The number of pyridine rings is 2. The first-order chi connectivity index (χ1) is 12.2. The van der Waals surface area contributed by atoms with Crippen molar-refractivity contribution in [1.29, 1.82) is 0 Å². The standard InChI is InChI=1S/C19H24FN5O/c1-10-8-25-15(9-22(10)4)12(3)23(5)17-16(25)13-7-14(20)11(2)21-18(13)24(6)19(17)26/h7,10,15H,3,8-9H2,1-2,4-6H3. The summed E-state index contributed by atoms with van der Waals surface area (Å²) >= 11 is 0. The molecule has 2 aliphatic heterocycles. The Morgan fingerprint density at radius 3 is 2.62 bits per heavy atom. The van der Waals surface area contributed by atoms with Crippen molar-refractivity contribution in [3.8, 4) is 0 Å². The number of aryl methyl sites for hydroxylation is 2. The van der Waals surface area contributed by atoms with E-state index in [1.54, 1.807) is 14.0 Å². The number of piperazine rings is 1. The van der Waals surface area contributed by atoms with Crippen molar-refractivity contribution in [2.75, 3.05) is 37.0 Å². The smallest absolute Gasteiger partial charge is 0.277 e. The normalized spacial score (nSPS) is 23.4. The largest absolute Gasteiger partial charge is 0.358 e. The number of hydrogen-bond donors (Lipinski definition) is 0. The molecule has 2 aromatic heterocycles. The van der Waals surface area contributed by atoms with Crippen LogP contribution in [0, 0.1) is 12.7 Å². The molecule has 6 nitrogen and oxygen atoms in total. The summed E-state index contributed by atoms with van der Waals surface area (Å²) in [5.74, 6) is -0.357. The Balaban J connectivity index is 2.10. The lowest BCUT2D eigenvalue weighted by Gasteiger charge is -2.51. The third kappa shape index (κ3) is 2.13. The molecular weight excluding hydrogens is 333 g/mol. The van der Waals surface area contributed by atoms with E-state index in [-0.39, 0.29) is 17.4 Å². The molecule has 0 amide bonds. The topological polar surface area (TPSA) is 44.6 Å². The van der Waals surface area contributed by atoms with Crippen LogP contribution in [0.25, 0.3) is 11.0 Å². The minimum absolute atomic E-state index is 0.0494. The van der Waals surface area contributed by atoms with Crippen molar-refractivity contribution < 1.29 is 4.39 Å². The Morgan fingerprint density at radius 1 is 1.23 bits per heavy atom. The average Bonchev–Trinajstić information content (AvgIpc) is 2.59. The predicted molar refractivity (Wildman–Crippen MR) is 102 cm³/mol. The molecule has 4 heterocycles. The minimum Gasteiger partial charge on any atom is -0.358 e. The van der Waals surface area contributed by atoms with Crippen molar-refractivity contribution in [3.63, 3.8) is 0 Å². The maximum absolute atomic E-state index is 14.4. The van der Waals surface area contributed by atoms with E-state index in [0.29, 0.717) is 28.5 Å². The lowest BCUT2D eigenvalue weighted by molar-refractivity contribution is 0.208. The molecule has 0 saturated carbocycles. The van der Waals surface area contributed by atoms with Crippen molar-refractivity contribution in [2.45, 2.75) is 25.9 Å². The molecule has 1 fully saturated rings. The van der Waals surface area contributed by atoms with Gasteiger partial charge in [0, 0.05) is 44.3 Å². The average molecular weight is 357 g/mol. The Kier molecular flexibility index (Phi) is 3.63. The second-order valence-corrected chi connectivity index (χ2v) is 7.50. The van der Waals surface area contributed by atoms with Gasteiger partial charge >= 0.3 is 0 Å². The fourth-order valence-electron chi connectivity index (χ4n) is 4.08. The molecule has 2 unspecified atom stereocenters. The van der Waals surface area contributed by atoms with Gasteiger partial charge in [-0.3, -0.25) is 14.3 Å². The Morgan fingerprint density at radius 2 is 1.92 bits per heavy atom. The number of nitrogens with zero attached hydrogens (tertiary/aromatic N) is 5. The van der Waals surface area contributed by atoms with E-state index in [9.17, 15) is 9.18 Å². The van der Waals surface area contributed by atoms with Crippen molar-refractivity contribution in [1.82, 2.24) is 14.5 Å². The zero-order valence-corrected chi connectivity index (χ0v) is 15.9. The molecule has 4 rings (SSSR count). The van der Waals surface area contributed by atoms with Gasteiger partial charge in [-0.2, -0.15) is 0 Å². The molecule has 0 spiro atoms. The third-order valence-electron chi connectivity index (χ3n) is 5.92. The van der Waals surface area contributed by atoms with Gasteiger partial charge in [0.1, 0.15) is 17.2 Å². The molecule has 2 aromatic rings. The predicted octanol–water partition coefficient (Wildman–Crippen LogP) is 1.85. The molecule has 0 radical (unpaired) electrons. The van der Waals surface area contributed by atoms with Crippen LogP contribution in [0.15, 0.2) is 23.1 Å². The van der Waals surface area contributed by atoms with Crippen LogP contribution >= 0.6 is 0 Å². The summed E-state index contributed by atoms with van der Waals surface area (Å²) in [7, 11) is 5.64. The van der Waals surface area contributed by atoms with Crippen molar-refractivity contribution in [3.05, 3.63) is 40.2 Å². The highest BCUT2D eigenvalue weighted by atomic mass is 19.1. The number of hydrogen-bond acceptors (Lipinski definition) is 5. The zero-order valence-electron chi connectivity index (χ0n) is 15.9. The molecule has 7 heteroatoms. The van der Waals surface area contributed by atoms with Gasteiger partial charge in [0.2, 0.25) is 0 Å². The molecule has 138 valence electrons. The summed E-state index contributed by atoms with van der Waals surface area (Å²) < 4.78 is 15.9.